The molecule has 0 bridgehead atoms. The first-order valence-electron chi connectivity index (χ1n) is 5.66. The van der Waals surface area contributed by atoms with Crippen LogP contribution in [0.5, 0.6) is 0 Å². The minimum atomic E-state index is -4.76. The summed E-state index contributed by atoms with van der Waals surface area (Å²) in [6, 6.07) is 0. The lowest BCUT2D eigenvalue weighted by molar-refractivity contribution is -0.225. The van der Waals surface area contributed by atoms with Gasteiger partial charge in [-0.2, -0.15) is 13.2 Å². The highest BCUT2D eigenvalue weighted by Crippen LogP contribution is 2.47. The lowest BCUT2D eigenvalue weighted by atomic mass is 9.86. The number of aliphatic carboxylic acids is 1. The second-order valence-corrected chi connectivity index (χ2v) is 5.88. The van der Waals surface area contributed by atoms with Crippen LogP contribution in [0.4, 0.5) is 18.3 Å². The molecule has 1 fully saturated rings. The first-order chi connectivity index (χ1) is 8.67. The number of thiazole rings is 1. The van der Waals surface area contributed by atoms with E-state index in [2.05, 4.69) is 4.98 Å². The molecule has 1 atom stereocenters. The van der Waals surface area contributed by atoms with Crippen molar-refractivity contribution >= 4 is 22.4 Å². The van der Waals surface area contributed by atoms with Gasteiger partial charge in [0.15, 0.2) is 10.5 Å². The summed E-state index contributed by atoms with van der Waals surface area (Å²) in [5.41, 5.74) is -1.92. The van der Waals surface area contributed by atoms with Crippen molar-refractivity contribution < 1.29 is 23.1 Å². The van der Waals surface area contributed by atoms with E-state index in [4.69, 9.17) is 5.11 Å². The van der Waals surface area contributed by atoms with Crippen LogP contribution in [0, 0.1) is 19.3 Å². The van der Waals surface area contributed by atoms with Crippen molar-refractivity contribution in [3.8, 4) is 0 Å². The molecule has 0 spiro atoms. The van der Waals surface area contributed by atoms with E-state index in [0.29, 0.717) is 5.13 Å². The monoisotopic (exact) mass is 294 g/mol. The summed E-state index contributed by atoms with van der Waals surface area (Å²) in [6.45, 7) is 3.09. The predicted octanol–water partition coefficient (Wildman–Crippen LogP) is 2.60. The van der Waals surface area contributed by atoms with Crippen LogP contribution >= 0.6 is 11.3 Å². The van der Waals surface area contributed by atoms with Crippen LogP contribution in [0.25, 0.3) is 0 Å². The summed E-state index contributed by atoms with van der Waals surface area (Å²) in [5, 5.41) is 9.42. The Hall–Kier alpha value is -1.31. The summed E-state index contributed by atoms with van der Waals surface area (Å²) in [7, 11) is 0. The quantitative estimate of drug-likeness (QED) is 0.911. The number of nitrogens with zero attached hydrogens (tertiary/aromatic N) is 2. The summed E-state index contributed by atoms with van der Waals surface area (Å²) < 4.78 is 39.0. The zero-order valence-corrected chi connectivity index (χ0v) is 11.2. The van der Waals surface area contributed by atoms with Crippen molar-refractivity contribution in [1.82, 2.24) is 4.98 Å². The molecule has 0 aromatic carbocycles. The van der Waals surface area contributed by atoms with Gasteiger partial charge in [0.05, 0.1) is 5.69 Å². The third kappa shape index (κ3) is 2.18. The summed E-state index contributed by atoms with van der Waals surface area (Å²) in [5.74, 6) is -1.81. The number of aromatic nitrogens is 1. The van der Waals surface area contributed by atoms with Crippen LogP contribution in [0.3, 0.4) is 0 Å². The van der Waals surface area contributed by atoms with E-state index < -0.39 is 30.5 Å². The van der Waals surface area contributed by atoms with Gasteiger partial charge in [0, 0.05) is 18.0 Å². The van der Waals surface area contributed by atoms with Gasteiger partial charge in [-0.15, -0.1) is 11.3 Å². The van der Waals surface area contributed by atoms with Gasteiger partial charge in [-0.05, 0) is 20.3 Å². The maximum absolute atomic E-state index is 13.0. The standard InChI is InChI=1S/C11H13F3N2O2S/c1-6-7(2)19-9(15-6)16-4-3-10(5-16,8(17)18)11(12,13)14/h3-5H2,1-2H3,(H,17,18). The maximum Gasteiger partial charge on any atom is 0.406 e. The first kappa shape index (κ1) is 14.1. The molecule has 8 heteroatoms. The summed E-state index contributed by atoms with van der Waals surface area (Å²) >= 11 is 1.29. The average molecular weight is 294 g/mol. The van der Waals surface area contributed by atoms with E-state index in [1.54, 1.807) is 6.92 Å². The Morgan fingerprint density at radius 1 is 1.47 bits per heavy atom. The Morgan fingerprint density at radius 2 is 2.11 bits per heavy atom. The fraction of sp³-hybridized carbons (Fsp3) is 0.636. The van der Waals surface area contributed by atoms with Gasteiger partial charge in [-0.25, -0.2) is 4.98 Å². The molecular weight excluding hydrogens is 281 g/mol. The van der Waals surface area contributed by atoms with E-state index in [-0.39, 0.29) is 6.54 Å². The fourth-order valence-corrected chi connectivity index (χ4v) is 3.03. The molecule has 1 aliphatic heterocycles. The minimum absolute atomic E-state index is 0.0538. The molecular formula is C11H13F3N2O2S. The molecule has 0 radical (unpaired) electrons. The highest BCUT2D eigenvalue weighted by atomic mass is 32.1. The molecule has 1 aromatic heterocycles. The number of alkyl halides is 3. The molecule has 2 heterocycles. The minimum Gasteiger partial charge on any atom is -0.481 e. The molecule has 0 amide bonds. The average Bonchev–Trinajstić information content (AvgIpc) is 2.83. The number of carboxylic acids is 1. The van der Waals surface area contributed by atoms with Gasteiger partial charge in [0.1, 0.15) is 0 Å². The van der Waals surface area contributed by atoms with Gasteiger partial charge >= 0.3 is 12.1 Å². The van der Waals surface area contributed by atoms with Crippen LogP contribution < -0.4 is 4.90 Å². The number of hydrogen-bond donors (Lipinski definition) is 1. The molecule has 4 nitrogen and oxygen atoms in total. The van der Waals surface area contributed by atoms with Gasteiger partial charge < -0.3 is 10.0 Å². The Bertz CT molecular complexity index is 495. The third-order valence-corrected chi connectivity index (χ3v) is 4.64. The van der Waals surface area contributed by atoms with Crippen molar-refractivity contribution in [2.45, 2.75) is 26.4 Å². The molecule has 2 rings (SSSR count). The topological polar surface area (TPSA) is 53.4 Å². The molecule has 19 heavy (non-hydrogen) atoms. The van der Waals surface area contributed by atoms with E-state index in [1.165, 1.54) is 16.2 Å². The number of carboxylic acid groups (broad SMARTS) is 1. The van der Waals surface area contributed by atoms with Gasteiger partial charge in [-0.1, -0.05) is 0 Å². The first-order valence-corrected chi connectivity index (χ1v) is 6.48. The van der Waals surface area contributed by atoms with Crippen LogP contribution in [0.2, 0.25) is 0 Å². The zero-order chi connectivity index (χ0) is 14.4. The lowest BCUT2D eigenvalue weighted by Crippen LogP contribution is -2.47. The number of rotatable bonds is 2. The molecule has 0 saturated carbocycles. The Balaban J connectivity index is 2.29. The van der Waals surface area contributed by atoms with E-state index in [9.17, 15) is 18.0 Å². The number of carbonyl (C=O) groups is 1. The largest absolute Gasteiger partial charge is 0.481 e. The second kappa shape index (κ2) is 4.36. The SMILES string of the molecule is Cc1nc(N2CCC(C(=O)O)(C(F)(F)F)C2)sc1C. The normalized spacial score (nSPS) is 23.9. The van der Waals surface area contributed by atoms with Gasteiger partial charge in [-0.3, -0.25) is 4.79 Å². The van der Waals surface area contributed by atoms with Gasteiger partial charge in [0.2, 0.25) is 0 Å². The van der Waals surface area contributed by atoms with Crippen molar-refractivity contribution in [2.75, 3.05) is 18.0 Å². The Morgan fingerprint density at radius 3 is 2.47 bits per heavy atom. The molecule has 106 valence electrons. The van der Waals surface area contributed by atoms with E-state index >= 15 is 0 Å². The highest BCUT2D eigenvalue weighted by molar-refractivity contribution is 7.15. The van der Waals surface area contributed by atoms with Crippen molar-refractivity contribution in [2.24, 2.45) is 5.41 Å². The Labute approximate surface area is 111 Å². The maximum atomic E-state index is 13.0. The van der Waals surface area contributed by atoms with Gasteiger partial charge in [0.25, 0.3) is 0 Å². The smallest absolute Gasteiger partial charge is 0.406 e. The highest BCUT2D eigenvalue weighted by Gasteiger charge is 2.64. The fourth-order valence-electron chi connectivity index (χ4n) is 2.09. The number of aryl methyl sites for hydroxylation is 2. The number of anilines is 1. The Kier molecular flexibility index (Phi) is 3.24. The molecule has 1 saturated heterocycles. The molecule has 1 aromatic rings. The van der Waals surface area contributed by atoms with Crippen LogP contribution in [-0.4, -0.2) is 35.3 Å². The van der Waals surface area contributed by atoms with Crippen LogP contribution in [-0.2, 0) is 4.79 Å². The number of halogens is 3. The summed E-state index contributed by atoms with van der Waals surface area (Å²) in [6.07, 6.45) is -5.20. The van der Waals surface area contributed by atoms with E-state index in [1.807, 2.05) is 6.92 Å². The molecule has 0 aliphatic carbocycles. The van der Waals surface area contributed by atoms with Crippen molar-refractivity contribution in [3.63, 3.8) is 0 Å². The van der Waals surface area contributed by atoms with Crippen molar-refractivity contribution in [3.05, 3.63) is 10.6 Å². The molecule has 1 N–H and O–H groups in total. The molecule has 1 aliphatic rings. The third-order valence-electron chi connectivity index (χ3n) is 3.51. The predicted molar refractivity (Wildman–Crippen MR) is 64.5 cm³/mol. The summed E-state index contributed by atoms with van der Waals surface area (Å²) in [4.78, 5) is 17.6. The van der Waals surface area contributed by atoms with E-state index in [0.717, 1.165) is 10.6 Å². The van der Waals surface area contributed by atoms with Crippen molar-refractivity contribution in [1.29, 1.82) is 0 Å². The molecule has 1 unspecified atom stereocenters. The van der Waals surface area contributed by atoms with Crippen LogP contribution in [0.15, 0.2) is 0 Å². The number of hydrogen-bond acceptors (Lipinski definition) is 4. The zero-order valence-electron chi connectivity index (χ0n) is 10.4. The lowest BCUT2D eigenvalue weighted by Gasteiger charge is -2.27. The second-order valence-electron chi connectivity index (χ2n) is 4.69. The van der Waals surface area contributed by atoms with Crippen LogP contribution in [0.1, 0.15) is 17.0 Å².